The van der Waals surface area contributed by atoms with E-state index < -0.39 is 20.9 Å². The molecular weight excluding hydrogens is 374 g/mol. The Bertz CT molecular complexity index is 942. The Morgan fingerprint density at radius 1 is 1.15 bits per heavy atom. The molecule has 144 valence electrons. The molecule has 0 aromatic heterocycles. The summed E-state index contributed by atoms with van der Waals surface area (Å²) in [6, 6.07) is 10.5. The van der Waals surface area contributed by atoms with Crippen molar-refractivity contribution in [1.82, 2.24) is 10.0 Å². The van der Waals surface area contributed by atoms with Gasteiger partial charge in [-0.2, -0.15) is 0 Å². The highest BCUT2D eigenvalue weighted by Gasteiger charge is 2.17. The molecule has 0 heterocycles. The topological polar surface area (TPSA) is 128 Å². The number of benzene rings is 2. The molecule has 2 aromatic rings. The first kappa shape index (κ1) is 20.3. The van der Waals surface area contributed by atoms with E-state index in [0.29, 0.717) is 5.56 Å². The molecule has 27 heavy (non-hydrogen) atoms. The Balaban J connectivity index is 2.07. The van der Waals surface area contributed by atoms with E-state index in [1.807, 2.05) is 0 Å². The van der Waals surface area contributed by atoms with Crippen molar-refractivity contribution in [1.29, 1.82) is 0 Å². The van der Waals surface area contributed by atoms with Crippen molar-refractivity contribution in [2.24, 2.45) is 0 Å². The Morgan fingerprint density at radius 3 is 2.33 bits per heavy atom. The van der Waals surface area contributed by atoms with Crippen LogP contribution in [0, 0.1) is 10.1 Å². The predicted octanol–water partition coefficient (Wildman–Crippen LogP) is 1.58. The summed E-state index contributed by atoms with van der Waals surface area (Å²) < 4.78 is 30.4. The Labute approximate surface area is 156 Å². The number of non-ortho nitro benzene ring substituents is 1. The molecule has 9 nitrogen and oxygen atoms in total. The third-order valence-corrected chi connectivity index (χ3v) is 5.12. The van der Waals surface area contributed by atoms with Gasteiger partial charge in [0.15, 0.2) is 0 Å². The molecule has 10 heteroatoms. The number of methoxy groups -OCH3 is 1. The predicted molar refractivity (Wildman–Crippen MR) is 98.9 cm³/mol. The number of carbonyl (C=O) groups excluding carboxylic acids is 1. The van der Waals surface area contributed by atoms with Gasteiger partial charge < -0.3 is 10.1 Å². The number of hydrogen-bond acceptors (Lipinski definition) is 6. The lowest BCUT2D eigenvalue weighted by Gasteiger charge is -2.10. The number of hydrogen-bond donors (Lipinski definition) is 2. The highest BCUT2D eigenvalue weighted by atomic mass is 32.2. The maximum atomic E-state index is 12.4. The van der Waals surface area contributed by atoms with Crippen LogP contribution < -0.4 is 14.8 Å². The molecule has 0 aliphatic heterocycles. The Hall–Kier alpha value is -2.98. The minimum Gasteiger partial charge on any atom is -0.496 e. The summed E-state index contributed by atoms with van der Waals surface area (Å²) in [5, 5.41) is 13.6. The van der Waals surface area contributed by atoms with Crippen LogP contribution in [0.2, 0.25) is 0 Å². The van der Waals surface area contributed by atoms with Crippen LogP contribution in [0.4, 0.5) is 5.69 Å². The van der Waals surface area contributed by atoms with Crippen LogP contribution in [-0.4, -0.2) is 33.4 Å². The number of nitro groups is 1. The first-order valence-corrected chi connectivity index (χ1v) is 9.50. The molecule has 0 aliphatic carbocycles. The first-order valence-electron chi connectivity index (χ1n) is 7.85. The van der Waals surface area contributed by atoms with E-state index in [1.165, 1.54) is 26.3 Å². The summed E-state index contributed by atoms with van der Waals surface area (Å²) >= 11 is 0. The maximum absolute atomic E-state index is 12.4. The van der Waals surface area contributed by atoms with Gasteiger partial charge in [0.2, 0.25) is 10.0 Å². The van der Waals surface area contributed by atoms with Gasteiger partial charge in [-0.25, -0.2) is 13.1 Å². The smallest absolute Gasteiger partial charge is 0.270 e. The number of nitrogens with one attached hydrogen (secondary N) is 2. The van der Waals surface area contributed by atoms with Crippen LogP contribution in [0.3, 0.4) is 0 Å². The third kappa shape index (κ3) is 5.50. The second-order valence-electron chi connectivity index (χ2n) is 5.60. The van der Waals surface area contributed by atoms with Gasteiger partial charge in [0, 0.05) is 18.7 Å². The van der Waals surface area contributed by atoms with Crippen LogP contribution in [0.15, 0.2) is 42.5 Å². The van der Waals surface area contributed by atoms with Crippen molar-refractivity contribution in [3.63, 3.8) is 0 Å². The zero-order valence-electron chi connectivity index (χ0n) is 14.8. The summed E-state index contributed by atoms with van der Waals surface area (Å²) in [6.07, 6.45) is 0. The van der Waals surface area contributed by atoms with Crippen LogP contribution >= 0.6 is 0 Å². The molecule has 0 atom stereocenters. The fourth-order valence-corrected chi connectivity index (χ4v) is 3.09. The Kier molecular flexibility index (Phi) is 6.48. The van der Waals surface area contributed by atoms with Crippen LogP contribution in [0.5, 0.6) is 5.75 Å². The second kappa shape index (κ2) is 8.60. The molecule has 2 rings (SSSR count). The normalized spacial score (nSPS) is 11.0. The van der Waals surface area contributed by atoms with Gasteiger partial charge in [0.25, 0.3) is 11.6 Å². The highest BCUT2D eigenvalue weighted by molar-refractivity contribution is 7.88. The van der Waals surface area contributed by atoms with Crippen LogP contribution in [0.25, 0.3) is 0 Å². The number of amides is 1. The number of sulfonamides is 1. The third-order valence-electron chi connectivity index (χ3n) is 3.78. The lowest BCUT2D eigenvalue weighted by molar-refractivity contribution is -0.384. The lowest BCUT2D eigenvalue weighted by Crippen LogP contribution is -2.23. The van der Waals surface area contributed by atoms with Gasteiger partial charge in [-0.05, 0) is 24.2 Å². The number of ether oxygens (including phenoxy) is 1. The zero-order chi connectivity index (χ0) is 20.0. The average Bonchev–Trinajstić information content (AvgIpc) is 2.66. The molecule has 0 spiro atoms. The van der Waals surface area contributed by atoms with Gasteiger partial charge in [-0.1, -0.05) is 24.3 Å². The number of nitrogens with zero attached hydrogens (tertiary/aromatic N) is 1. The van der Waals surface area contributed by atoms with Gasteiger partial charge in [0.1, 0.15) is 5.75 Å². The van der Waals surface area contributed by atoms with Gasteiger partial charge in [-0.15, -0.1) is 0 Å². The molecule has 2 N–H and O–H groups in total. The second-order valence-corrected chi connectivity index (χ2v) is 7.53. The van der Waals surface area contributed by atoms with Crippen molar-refractivity contribution in [3.8, 4) is 5.75 Å². The van der Waals surface area contributed by atoms with E-state index >= 15 is 0 Å². The largest absolute Gasteiger partial charge is 0.496 e. The molecule has 0 bridgehead atoms. The van der Waals surface area contributed by atoms with E-state index in [2.05, 4.69) is 10.0 Å². The van der Waals surface area contributed by atoms with E-state index in [4.69, 9.17) is 4.74 Å². The van der Waals surface area contributed by atoms with Gasteiger partial charge in [-0.3, -0.25) is 14.9 Å². The summed E-state index contributed by atoms with van der Waals surface area (Å²) in [7, 11) is -0.635. The van der Waals surface area contributed by atoms with E-state index in [9.17, 15) is 23.3 Å². The fraction of sp³-hybridized carbons (Fsp3) is 0.235. The quantitative estimate of drug-likeness (QED) is 0.518. The number of rotatable bonds is 8. The van der Waals surface area contributed by atoms with E-state index in [-0.39, 0.29) is 29.3 Å². The molecule has 0 saturated heterocycles. The minimum absolute atomic E-state index is 0.0587. The standard InChI is InChI=1S/C17H19N3O6S/c1-18-27(24,25)11-13-5-3-12(4-6-13)10-19-17(21)15-9-14(20(22)23)7-8-16(15)26-2/h3-9,18H,10-11H2,1-2H3,(H,19,21). The summed E-state index contributed by atoms with van der Waals surface area (Å²) in [4.78, 5) is 22.7. The molecule has 2 aromatic carbocycles. The molecule has 0 saturated carbocycles. The molecule has 1 amide bonds. The first-order chi connectivity index (χ1) is 12.8. The van der Waals surface area contributed by atoms with Crippen LogP contribution in [-0.2, 0) is 22.3 Å². The van der Waals surface area contributed by atoms with Crippen molar-refractivity contribution in [2.75, 3.05) is 14.2 Å². The Morgan fingerprint density at radius 2 is 1.78 bits per heavy atom. The van der Waals surface area contributed by atoms with Crippen molar-refractivity contribution < 1.29 is 22.9 Å². The minimum atomic E-state index is -3.35. The molecule has 0 fully saturated rings. The fourth-order valence-electron chi connectivity index (χ4n) is 2.31. The zero-order valence-corrected chi connectivity index (χ0v) is 15.6. The maximum Gasteiger partial charge on any atom is 0.270 e. The van der Waals surface area contributed by atoms with Gasteiger partial charge in [0.05, 0.1) is 23.3 Å². The molecular formula is C17H19N3O6S. The number of nitro benzene ring substituents is 1. The average molecular weight is 393 g/mol. The van der Waals surface area contributed by atoms with E-state index in [1.54, 1.807) is 24.3 Å². The highest BCUT2D eigenvalue weighted by Crippen LogP contribution is 2.24. The van der Waals surface area contributed by atoms with Gasteiger partial charge >= 0.3 is 0 Å². The van der Waals surface area contributed by atoms with Crippen molar-refractivity contribution in [2.45, 2.75) is 12.3 Å². The van der Waals surface area contributed by atoms with Crippen molar-refractivity contribution in [3.05, 3.63) is 69.3 Å². The summed E-state index contributed by atoms with van der Waals surface area (Å²) in [6.45, 7) is 0.170. The SMILES string of the molecule is CNS(=O)(=O)Cc1ccc(CNC(=O)c2cc([N+](=O)[O-])ccc2OC)cc1. The number of carbonyl (C=O) groups is 1. The van der Waals surface area contributed by atoms with Crippen molar-refractivity contribution >= 4 is 21.6 Å². The lowest BCUT2D eigenvalue weighted by atomic mass is 10.1. The summed E-state index contributed by atoms with van der Waals surface area (Å²) in [5.74, 6) is -0.427. The molecule has 0 unspecified atom stereocenters. The molecule has 0 aliphatic rings. The van der Waals surface area contributed by atoms with E-state index in [0.717, 1.165) is 11.6 Å². The molecule has 0 radical (unpaired) electrons. The monoisotopic (exact) mass is 393 g/mol. The summed E-state index contributed by atoms with van der Waals surface area (Å²) in [5.41, 5.74) is 1.21. The van der Waals surface area contributed by atoms with Crippen LogP contribution in [0.1, 0.15) is 21.5 Å².